The third-order valence-electron chi connectivity index (χ3n) is 5.45. The second-order valence-corrected chi connectivity index (χ2v) is 7.50. The average molecular weight is 378 g/mol. The predicted molar refractivity (Wildman–Crippen MR) is 108 cm³/mol. The van der Waals surface area contributed by atoms with E-state index in [1.807, 2.05) is 59.5 Å². The summed E-state index contributed by atoms with van der Waals surface area (Å²) in [4.78, 5) is 28.8. The summed E-state index contributed by atoms with van der Waals surface area (Å²) in [5.74, 6) is 0.154. The Morgan fingerprint density at radius 1 is 1.07 bits per heavy atom. The van der Waals surface area contributed by atoms with Crippen LogP contribution in [0.15, 0.2) is 54.6 Å². The summed E-state index contributed by atoms with van der Waals surface area (Å²) in [6, 6.07) is 17.5. The standard InChI is InChI=1S/C23H26N2O3/c26-22-9-4-14-25(22)20-12-10-19(11-13-20)23(27)24(17-21-8-5-15-28-21)16-18-6-2-1-3-7-18/h1-3,6-7,10-13,21H,4-5,8-9,14-17H2. The monoisotopic (exact) mass is 378 g/mol. The van der Waals surface area contributed by atoms with E-state index in [1.165, 1.54) is 0 Å². The summed E-state index contributed by atoms with van der Waals surface area (Å²) < 4.78 is 5.77. The van der Waals surface area contributed by atoms with E-state index in [0.29, 0.717) is 25.1 Å². The summed E-state index contributed by atoms with van der Waals surface area (Å²) >= 11 is 0. The van der Waals surface area contributed by atoms with E-state index in [1.54, 1.807) is 4.90 Å². The van der Waals surface area contributed by atoms with E-state index in [0.717, 1.165) is 43.7 Å². The van der Waals surface area contributed by atoms with Gasteiger partial charge in [0, 0.05) is 43.9 Å². The van der Waals surface area contributed by atoms with E-state index in [4.69, 9.17) is 4.74 Å². The zero-order valence-corrected chi connectivity index (χ0v) is 16.0. The molecular formula is C23H26N2O3. The normalized spacial score (nSPS) is 19.2. The fraction of sp³-hybridized carbons (Fsp3) is 0.391. The largest absolute Gasteiger partial charge is 0.376 e. The molecule has 2 aliphatic heterocycles. The highest BCUT2D eigenvalue weighted by atomic mass is 16.5. The maximum absolute atomic E-state index is 13.2. The number of carbonyl (C=O) groups excluding carboxylic acids is 2. The highest BCUT2D eigenvalue weighted by Gasteiger charge is 2.25. The number of benzene rings is 2. The molecular weight excluding hydrogens is 352 g/mol. The van der Waals surface area contributed by atoms with Crippen molar-refractivity contribution in [3.05, 3.63) is 65.7 Å². The summed E-state index contributed by atoms with van der Waals surface area (Å²) in [5.41, 5.74) is 2.62. The zero-order chi connectivity index (χ0) is 19.3. The van der Waals surface area contributed by atoms with Gasteiger partial charge in [-0.1, -0.05) is 30.3 Å². The van der Waals surface area contributed by atoms with Crippen LogP contribution in [0.1, 0.15) is 41.6 Å². The molecule has 1 atom stereocenters. The Balaban J connectivity index is 1.51. The van der Waals surface area contributed by atoms with E-state index in [9.17, 15) is 9.59 Å². The third kappa shape index (κ3) is 4.25. The fourth-order valence-electron chi connectivity index (χ4n) is 3.94. The molecule has 2 saturated heterocycles. The number of nitrogens with zero attached hydrogens (tertiary/aromatic N) is 2. The van der Waals surface area contributed by atoms with Gasteiger partial charge in [-0.15, -0.1) is 0 Å². The Labute approximate surface area is 165 Å². The van der Waals surface area contributed by atoms with Gasteiger partial charge in [0.15, 0.2) is 0 Å². The number of ether oxygens (including phenoxy) is 1. The molecule has 1 unspecified atom stereocenters. The van der Waals surface area contributed by atoms with Crippen LogP contribution in [0.4, 0.5) is 5.69 Å². The Morgan fingerprint density at radius 2 is 1.86 bits per heavy atom. The van der Waals surface area contributed by atoms with Crippen molar-refractivity contribution in [3.8, 4) is 0 Å². The van der Waals surface area contributed by atoms with Crippen LogP contribution in [-0.4, -0.2) is 42.5 Å². The van der Waals surface area contributed by atoms with Gasteiger partial charge in [-0.25, -0.2) is 0 Å². The molecule has 146 valence electrons. The van der Waals surface area contributed by atoms with Crippen LogP contribution in [-0.2, 0) is 16.1 Å². The number of carbonyl (C=O) groups is 2. The van der Waals surface area contributed by atoms with E-state index >= 15 is 0 Å². The molecule has 2 amide bonds. The van der Waals surface area contributed by atoms with Gasteiger partial charge in [-0.05, 0) is 49.1 Å². The molecule has 0 spiro atoms. The van der Waals surface area contributed by atoms with Crippen molar-refractivity contribution in [3.63, 3.8) is 0 Å². The van der Waals surface area contributed by atoms with E-state index in [2.05, 4.69) is 0 Å². The van der Waals surface area contributed by atoms with Crippen LogP contribution in [0.25, 0.3) is 0 Å². The summed E-state index contributed by atoms with van der Waals surface area (Å²) in [6.07, 6.45) is 3.65. The Hall–Kier alpha value is -2.66. The van der Waals surface area contributed by atoms with Crippen molar-refractivity contribution in [2.24, 2.45) is 0 Å². The van der Waals surface area contributed by atoms with Gasteiger partial charge in [0.05, 0.1) is 6.10 Å². The maximum atomic E-state index is 13.2. The van der Waals surface area contributed by atoms with Crippen LogP contribution < -0.4 is 4.90 Å². The van der Waals surface area contributed by atoms with Crippen molar-refractivity contribution in [1.29, 1.82) is 0 Å². The lowest BCUT2D eigenvalue weighted by atomic mass is 10.1. The Bertz CT molecular complexity index is 814. The minimum absolute atomic E-state index is 0.00125. The first-order valence-electron chi connectivity index (χ1n) is 10.1. The van der Waals surface area contributed by atoms with E-state index in [-0.39, 0.29) is 17.9 Å². The SMILES string of the molecule is O=C(c1ccc(N2CCCC2=O)cc1)N(Cc1ccccc1)CC1CCCO1. The van der Waals surface area contributed by atoms with Gasteiger partial charge in [-0.2, -0.15) is 0 Å². The number of rotatable bonds is 6. The topological polar surface area (TPSA) is 49.9 Å². The van der Waals surface area contributed by atoms with Crippen LogP contribution in [0.3, 0.4) is 0 Å². The van der Waals surface area contributed by atoms with Gasteiger partial charge >= 0.3 is 0 Å². The highest BCUT2D eigenvalue weighted by molar-refractivity contribution is 5.97. The smallest absolute Gasteiger partial charge is 0.254 e. The van der Waals surface area contributed by atoms with Gasteiger partial charge in [0.1, 0.15) is 0 Å². The number of anilines is 1. The Morgan fingerprint density at radius 3 is 2.50 bits per heavy atom. The van der Waals surface area contributed by atoms with Crippen molar-refractivity contribution in [2.45, 2.75) is 38.3 Å². The molecule has 2 fully saturated rings. The molecule has 2 aromatic carbocycles. The second-order valence-electron chi connectivity index (χ2n) is 7.50. The van der Waals surface area contributed by atoms with Gasteiger partial charge < -0.3 is 14.5 Å². The summed E-state index contributed by atoms with van der Waals surface area (Å²) in [7, 11) is 0. The first-order chi connectivity index (χ1) is 13.7. The summed E-state index contributed by atoms with van der Waals surface area (Å²) in [5, 5.41) is 0. The fourth-order valence-corrected chi connectivity index (χ4v) is 3.94. The first kappa shape index (κ1) is 18.7. The number of hydrogen-bond acceptors (Lipinski definition) is 3. The van der Waals surface area contributed by atoms with Crippen LogP contribution >= 0.6 is 0 Å². The van der Waals surface area contributed by atoms with Crippen molar-refractivity contribution >= 4 is 17.5 Å². The first-order valence-corrected chi connectivity index (χ1v) is 10.1. The number of hydrogen-bond donors (Lipinski definition) is 0. The zero-order valence-electron chi connectivity index (χ0n) is 16.0. The van der Waals surface area contributed by atoms with Crippen molar-refractivity contribution < 1.29 is 14.3 Å². The van der Waals surface area contributed by atoms with Crippen LogP contribution in [0.5, 0.6) is 0 Å². The molecule has 2 aliphatic rings. The maximum Gasteiger partial charge on any atom is 0.254 e. The molecule has 5 heteroatoms. The average Bonchev–Trinajstić information content (AvgIpc) is 3.39. The quantitative estimate of drug-likeness (QED) is 0.771. The molecule has 4 rings (SSSR count). The molecule has 28 heavy (non-hydrogen) atoms. The van der Waals surface area contributed by atoms with Crippen LogP contribution in [0.2, 0.25) is 0 Å². The molecule has 0 aromatic heterocycles. The molecule has 0 N–H and O–H groups in total. The highest BCUT2D eigenvalue weighted by Crippen LogP contribution is 2.23. The lowest BCUT2D eigenvalue weighted by Gasteiger charge is -2.26. The second kappa shape index (κ2) is 8.57. The third-order valence-corrected chi connectivity index (χ3v) is 5.45. The molecule has 0 saturated carbocycles. The van der Waals surface area contributed by atoms with Crippen molar-refractivity contribution in [2.75, 3.05) is 24.6 Å². The van der Waals surface area contributed by atoms with Gasteiger partial charge in [-0.3, -0.25) is 9.59 Å². The van der Waals surface area contributed by atoms with Crippen molar-refractivity contribution in [1.82, 2.24) is 4.90 Å². The molecule has 2 heterocycles. The van der Waals surface area contributed by atoms with Crippen LogP contribution in [0, 0.1) is 0 Å². The lowest BCUT2D eigenvalue weighted by molar-refractivity contribution is -0.117. The molecule has 0 aliphatic carbocycles. The molecule has 2 aromatic rings. The van der Waals surface area contributed by atoms with E-state index < -0.39 is 0 Å². The number of amides is 2. The lowest BCUT2D eigenvalue weighted by Crippen LogP contribution is -2.37. The minimum Gasteiger partial charge on any atom is -0.376 e. The summed E-state index contributed by atoms with van der Waals surface area (Å²) in [6.45, 7) is 2.69. The van der Waals surface area contributed by atoms with Gasteiger partial charge in [0.2, 0.25) is 5.91 Å². The minimum atomic E-state index is -0.00125. The molecule has 0 bridgehead atoms. The predicted octanol–water partition coefficient (Wildman–Crippen LogP) is 3.63. The molecule has 0 radical (unpaired) electrons. The Kier molecular flexibility index (Phi) is 5.72. The molecule has 5 nitrogen and oxygen atoms in total. The van der Waals surface area contributed by atoms with Gasteiger partial charge in [0.25, 0.3) is 5.91 Å².